The molecule has 5 heteroatoms. The third-order valence-electron chi connectivity index (χ3n) is 4.60. The fourth-order valence-corrected chi connectivity index (χ4v) is 3.14. The Bertz CT molecular complexity index is 1140. The number of nitrogens with one attached hydrogen (secondary N) is 1. The van der Waals surface area contributed by atoms with Gasteiger partial charge in [0.05, 0.1) is 16.8 Å². The summed E-state index contributed by atoms with van der Waals surface area (Å²) >= 11 is 0. The molecule has 0 aliphatic heterocycles. The van der Waals surface area contributed by atoms with E-state index in [9.17, 15) is 4.79 Å². The molecule has 0 bridgehead atoms. The molecule has 4 aromatic rings. The van der Waals surface area contributed by atoms with Crippen molar-refractivity contribution in [3.63, 3.8) is 0 Å². The number of carbonyl (C=O) groups is 1. The minimum Gasteiger partial charge on any atom is -0.267 e. The largest absolute Gasteiger partial charge is 0.272 e. The van der Waals surface area contributed by atoms with E-state index < -0.39 is 0 Å². The van der Waals surface area contributed by atoms with Crippen molar-refractivity contribution in [2.24, 2.45) is 5.10 Å². The molecule has 5 nitrogen and oxygen atoms in total. The van der Waals surface area contributed by atoms with Crippen molar-refractivity contribution in [1.29, 1.82) is 0 Å². The van der Waals surface area contributed by atoms with Crippen molar-refractivity contribution in [3.8, 4) is 11.3 Å². The lowest BCUT2D eigenvalue weighted by atomic mass is 10.0. The number of aryl methyl sites for hydroxylation is 1. The molecule has 0 spiro atoms. The number of benzene rings is 2. The topological polar surface area (TPSA) is 67.2 Å². The number of hydrogen-bond donors (Lipinski definition) is 1. The molecule has 0 aliphatic carbocycles. The maximum absolute atomic E-state index is 12.8. The minimum atomic E-state index is -0.255. The molecule has 0 saturated carbocycles. The molecular formula is C24H20N4O. The van der Waals surface area contributed by atoms with E-state index in [0.717, 1.165) is 35.0 Å². The van der Waals surface area contributed by atoms with Crippen LogP contribution in [0, 0.1) is 0 Å². The Morgan fingerprint density at radius 2 is 1.72 bits per heavy atom. The molecule has 1 N–H and O–H groups in total. The average Bonchev–Trinajstić information content (AvgIpc) is 2.79. The van der Waals surface area contributed by atoms with E-state index >= 15 is 0 Å². The summed E-state index contributed by atoms with van der Waals surface area (Å²) < 4.78 is 0. The molecule has 29 heavy (non-hydrogen) atoms. The number of aromatic nitrogens is 2. The summed E-state index contributed by atoms with van der Waals surface area (Å²) in [6.45, 7) is 0. The summed E-state index contributed by atoms with van der Waals surface area (Å²) in [6.07, 6.45) is 6.79. The van der Waals surface area contributed by atoms with Gasteiger partial charge in [0.15, 0.2) is 0 Å². The van der Waals surface area contributed by atoms with Crippen LogP contribution in [0.5, 0.6) is 0 Å². The van der Waals surface area contributed by atoms with Crippen LogP contribution in [0.15, 0.2) is 90.3 Å². The highest BCUT2D eigenvalue weighted by atomic mass is 16.2. The molecule has 2 aromatic carbocycles. The fourth-order valence-electron chi connectivity index (χ4n) is 3.14. The summed E-state index contributed by atoms with van der Waals surface area (Å²) in [7, 11) is 0. The van der Waals surface area contributed by atoms with Gasteiger partial charge in [0.2, 0.25) is 0 Å². The molecule has 2 aromatic heterocycles. The first-order chi connectivity index (χ1) is 14.3. The molecule has 0 unspecified atom stereocenters. The number of amides is 1. The van der Waals surface area contributed by atoms with Crippen molar-refractivity contribution < 1.29 is 4.79 Å². The Hall–Kier alpha value is -3.86. The van der Waals surface area contributed by atoms with Crippen LogP contribution < -0.4 is 5.43 Å². The van der Waals surface area contributed by atoms with Crippen molar-refractivity contribution in [3.05, 3.63) is 96.3 Å². The molecule has 0 atom stereocenters. The normalized spacial score (nSPS) is 11.0. The molecular weight excluding hydrogens is 360 g/mol. The molecule has 2 heterocycles. The lowest BCUT2D eigenvalue weighted by Gasteiger charge is -2.08. The predicted octanol–water partition coefficient (Wildman–Crippen LogP) is 4.65. The Balaban J connectivity index is 1.52. The molecule has 1 amide bonds. The van der Waals surface area contributed by atoms with E-state index in [1.54, 1.807) is 24.7 Å². The second kappa shape index (κ2) is 8.89. The van der Waals surface area contributed by atoms with E-state index in [4.69, 9.17) is 0 Å². The van der Waals surface area contributed by atoms with Gasteiger partial charge in [0.25, 0.3) is 5.91 Å². The maximum atomic E-state index is 12.8. The molecule has 0 aliphatic rings. The lowest BCUT2D eigenvalue weighted by molar-refractivity contribution is 0.0956. The van der Waals surface area contributed by atoms with Gasteiger partial charge < -0.3 is 0 Å². The van der Waals surface area contributed by atoms with E-state index in [0.29, 0.717) is 5.56 Å². The number of nitrogens with zero attached hydrogens (tertiary/aromatic N) is 3. The fraction of sp³-hybridized carbons (Fsp3) is 0.0833. The van der Waals surface area contributed by atoms with Crippen LogP contribution in [0.1, 0.15) is 22.3 Å². The van der Waals surface area contributed by atoms with E-state index in [2.05, 4.69) is 32.6 Å². The zero-order valence-electron chi connectivity index (χ0n) is 15.8. The summed E-state index contributed by atoms with van der Waals surface area (Å²) in [5, 5.41) is 4.91. The summed E-state index contributed by atoms with van der Waals surface area (Å²) in [5.41, 5.74) is 6.83. The highest BCUT2D eigenvalue weighted by molar-refractivity contribution is 6.07. The van der Waals surface area contributed by atoms with Gasteiger partial charge in [0, 0.05) is 29.6 Å². The first kappa shape index (κ1) is 18.5. The molecule has 4 rings (SSSR count). The summed E-state index contributed by atoms with van der Waals surface area (Å²) in [5.74, 6) is -0.255. The van der Waals surface area contributed by atoms with Crippen molar-refractivity contribution in [2.75, 3.05) is 0 Å². The third kappa shape index (κ3) is 4.52. The highest BCUT2D eigenvalue weighted by Gasteiger charge is 2.13. The van der Waals surface area contributed by atoms with Gasteiger partial charge in [-0.15, -0.1) is 0 Å². The van der Waals surface area contributed by atoms with Gasteiger partial charge in [-0.2, -0.15) is 5.10 Å². The Labute approximate surface area is 169 Å². The minimum absolute atomic E-state index is 0.255. The zero-order valence-corrected chi connectivity index (χ0v) is 15.8. The van der Waals surface area contributed by atoms with Gasteiger partial charge in [-0.3, -0.25) is 9.78 Å². The van der Waals surface area contributed by atoms with Gasteiger partial charge in [-0.1, -0.05) is 48.5 Å². The Morgan fingerprint density at radius 3 is 2.55 bits per heavy atom. The second-order valence-corrected chi connectivity index (χ2v) is 6.58. The number of hydrogen-bond acceptors (Lipinski definition) is 4. The summed E-state index contributed by atoms with van der Waals surface area (Å²) in [4.78, 5) is 21.5. The number of pyridine rings is 2. The predicted molar refractivity (Wildman–Crippen MR) is 116 cm³/mol. The lowest BCUT2D eigenvalue weighted by Crippen LogP contribution is -2.18. The smallest absolute Gasteiger partial charge is 0.267 e. The standard InChI is InChI=1S/C24H20N4O/c29-24(28-26-14-6-9-18-7-2-1-3-8-18)21-17-23(19-12-15-25-16-13-19)27-22-11-5-4-10-20(21)22/h1-5,7-8,10-17H,6,9H2,(H,28,29)/b26-14-. The Kier molecular flexibility index (Phi) is 5.67. The van der Waals surface area contributed by atoms with Crippen LogP contribution in [0.4, 0.5) is 0 Å². The van der Waals surface area contributed by atoms with Gasteiger partial charge in [-0.05, 0) is 42.7 Å². The van der Waals surface area contributed by atoms with Gasteiger partial charge in [-0.25, -0.2) is 10.4 Å². The molecule has 142 valence electrons. The van der Waals surface area contributed by atoms with E-state index in [1.807, 2.05) is 54.6 Å². The van der Waals surface area contributed by atoms with E-state index in [-0.39, 0.29) is 5.91 Å². The highest BCUT2D eigenvalue weighted by Crippen LogP contribution is 2.24. The monoisotopic (exact) mass is 380 g/mol. The number of para-hydroxylation sites is 1. The summed E-state index contributed by atoms with van der Waals surface area (Å²) in [6, 6.07) is 23.3. The molecule has 0 radical (unpaired) electrons. The zero-order chi connectivity index (χ0) is 19.9. The van der Waals surface area contributed by atoms with Crippen LogP contribution >= 0.6 is 0 Å². The quantitative estimate of drug-likeness (QED) is 0.391. The Morgan fingerprint density at radius 1 is 0.966 bits per heavy atom. The average molecular weight is 380 g/mol. The van der Waals surface area contributed by atoms with Crippen molar-refractivity contribution >= 4 is 23.0 Å². The molecule has 0 fully saturated rings. The van der Waals surface area contributed by atoms with Crippen LogP contribution in [-0.4, -0.2) is 22.1 Å². The maximum Gasteiger partial charge on any atom is 0.272 e. The van der Waals surface area contributed by atoms with Crippen molar-refractivity contribution in [1.82, 2.24) is 15.4 Å². The number of fused-ring (bicyclic) bond motifs is 1. The van der Waals surface area contributed by atoms with Crippen molar-refractivity contribution in [2.45, 2.75) is 12.8 Å². The van der Waals surface area contributed by atoms with Gasteiger partial charge >= 0.3 is 0 Å². The van der Waals surface area contributed by atoms with Crippen LogP contribution in [0.3, 0.4) is 0 Å². The van der Waals surface area contributed by atoms with Crippen LogP contribution in [0.2, 0.25) is 0 Å². The van der Waals surface area contributed by atoms with Gasteiger partial charge in [0.1, 0.15) is 0 Å². The number of hydrazone groups is 1. The number of carbonyl (C=O) groups excluding carboxylic acids is 1. The molecule has 0 saturated heterocycles. The first-order valence-electron chi connectivity index (χ1n) is 9.47. The SMILES string of the molecule is O=C(N/N=C\CCc1ccccc1)c1cc(-c2ccncc2)nc2ccccc12. The van der Waals surface area contributed by atoms with Crippen LogP contribution in [-0.2, 0) is 6.42 Å². The third-order valence-corrected chi connectivity index (χ3v) is 4.60. The first-order valence-corrected chi connectivity index (χ1v) is 9.47. The van der Waals surface area contributed by atoms with E-state index in [1.165, 1.54) is 5.56 Å². The van der Waals surface area contributed by atoms with Crippen LogP contribution in [0.25, 0.3) is 22.2 Å². The second-order valence-electron chi connectivity index (χ2n) is 6.58. The number of rotatable bonds is 6.